The van der Waals surface area contributed by atoms with Crippen molar-refractivity contribution in [3.63, 3.8) is 0 Å². The number of nitrogens with zero attached hydrogens (tertiary/aromatic N) is 1. The molecule has 0 saturated carbocycles. The predicted octanol–water partition coefficient (Wildman–Crippen LogP) is 5.68. The summed E-state index contributed by atoms with van der Waals surface area (Å²) in [6.07, 6.45) is 8.11. The first-order chi connectivity index (χ1) is 20.2. The second-order valence-electron chi connectivity index (χ2n) is 10.8. The van der Waals surface area contributed by atoms with Gasteiger partial charge in [-0.3, -0.25) is 9.59 Å². The molecule has 1 aliphatic carbocycles. The number of benzene rings is 2. The van der Waals surface area contributed by atoms with Crippen molar-refractivity contribution in [2.45, 2.75) is 71.2 Å². The molecule has 0 N–H and O–H groups in total. The van der Waals surface area contributed by atoms with Gasteiger partial charge in [-0.15, -0.1) is 6.42 Å². The quantitative estimate of drug-likeness (QED) is 0.218. The van der Waals surface area contributed by atoms with E-state index in [1.54, 1.807) is 25.1 Å². The number of ether oxygens (including phenoxy) is 3. The van der Waals surface area contributed by atoms with E-state index in [0.717, 1.165) is 35.6 Å². The predicted molar refractivity (Wildman–Crippen MR) is 159 cm³/mol. The molecule has 0 aromatic heterocycles. The molecule has 2 atom stereocenters. The normalized spacial score (nSPS) is 19.5. The minimum absolute atomic E-state index is 0.0233. The van der Waals surface area contributed by atoms with Gasteiger partial charge in [-0.1, -0.05) is 17.5 Å². The molecule has 2 aromatic carbocycles. The van der Waals surface area contributed by atoms with Crippen LogP contribution in [0.25, 0.3) is 0 Å². The van der Waals surface area contributed by atoms with Crippen molar-refractivity contribution in [2.24, 2.45) is 0 Å². The number of hydrogen-bond donors (Lipinski definition) is 0. The summed E-state index contributed by atoms with van der Waals surface area (Å²) >= 11 is 5.97. The number of terminal acetylenes is 1. The first kappa shape index (κ1) is 32.3. The van der Waals surface area contributed by atoms with Crippen LogP contribution < -0.4 is 18.6 Å². The average molecular weight is 634 g/mol. The van der Waals surface area contributed by atoms with Gasteiger partial charge in [-0.2, -0.15) is 8.42 Å². The number of rotatable bonds is 7. The van der Waals surface area contributed by atoms with Crippen molar-refractivity contribution in [1.82, 2.24) is 0 Å². The van der Waals surface area contributed by atoms with Crippen molar-refractivity contribution in [2.75, 3.05) is 17.8 Å². The molecule has 12 heteroatoms. The van der Waals surface area contributed by atoms with Gasteiger partial charge in [0.25, 0.3) is 11.8 Å². The van der Waals surface area contributed by atoms with E-state index in [0.29, 0.717) is 36.3 Å². The molecule has 3 aliphatic rings. The third kappa shape index (κ3) is 6.82. The minimum atomic E-state index is -3.53. The molecule has 0 radical (unpaired) electrons. The second-order valence-corrected chi connectivity index (χ2v) is 12.8. The Balaban J connectivity index is 0.000000203. The highest BCUT2D eigenvalue weighted by molar-refractivity contribution is 7.86. The molecule has 230 valence electrons. The maximum absolute atomic E-state index is 14.4. The fourth-order valence-electron chi connectivity index (χ4n) is 5.09. The molecule has 5 rings (SSSR count). The molecule has 0 fully saturated rings. The number of anilines is 1. The number of fused-ring (bicyclic) bond motifs is 1. The van der Waals surface area contributed by atoms with Gasteiger partial charge in [-0.25, -0.2) is 9.29 Å². The zero-order valence-corrected chi connectivity index (χ0v) is 26.1. The maximum atomic E-state index is 14.4. The average Bonchev–Trinajstić information content (AvgIpc) is 3.34. The summed E-state index contributed by atoms with van der Waals surface area (Å²) in [4.78, 5) is 26.0. The zero-order valence-electron chi connectivity index (χ0n) is 24.5. The Morgan fingerprint density at radius 3 is 2.35 bits per heavy atom. The highest BCUT2D eigenvalue weighted by atomic mass is 35.5. The van der Waals surface area contributed by atoms with E-state index in [2.05, 4.69) is 5.92 Å². The number of amides is 2. The number of carbonyl (C=O) groups is 2. The fraction of sp³-hybridized carbons (Fsp3) is 0.419. The summed E-state index contributed by atoms with van der Waals surface area (Å²) in [5.41, 5.74) is 1.33. The molecule has 9 nitrogen and oxygen atoms in total. The largest absolute Gasteiger partial charge is 0.476 e. The van der Waals surface area contributed by atoms with E-state index in [4.69, 9.17) is 36.4 Å². The Bertz CT molecular complexity index is 1600. The van der Waals surface area contributed by atoms with Crippen molar-refractivity contribution in [3.05, 3.63) is 57.9 Å². The summed E-state index contributed by atoms with van der Waals surface area (Å²) in [5.74, 6) is 1.79. The fourth-order valence-corrected chi connectivity index (χ4v) is 5.74. The van der Waals surface area contributed by atoms with Crippen LogP contribution in [-0.4, -0.2) is 45.5 Å². The van der Waals surface area contributed by atoms with Gasteiger partial charge in [-0.05, 0) is 77.6 Å². The highest BCUT2D eigenvalue weighted by Crippen LogP contribution is 2.45. The molecular weight excluding hydrogens is 601 g/mol. The van der Waals surface area contributed by atoms with E-state index in [9.17, 15) is 22.4 Å². The van der Waals surface area contributed by atoms with Crippen LogP contribution in [0, 0.1) is 18.2 Å². The van der Waals surface area contributed by atoms with E-state index in [-0.39, 0.29) is 33.9 Å². The first-order valence-corrected chi connectivity index (χ1v) is 15.9. The molecule has 2 aliphatic heterocycles. The summed E-state index contributed by atoms with van der Waals surface area (Å²) in [6.45, 7) is 8.06. The van der Waals surface area contributed by atoms with Crippen LogP contribution in [0.4, 0.5) is 10.1 Å². The van der Waals surface area contributed by atoms with Crippen molar-refractivity contribution in [3.8, 4) is 29.6 Å². The zero-order chi connectivity index (χ0) is 31.7. The van der Waals surface area contributed by atoms with Crippen molar-refractivity contribution in [1.29, 1.82) is 0 Å². The molecule has 0 saturated heterocycles. The number of carbonyl (C=O) groups excluding carboxylic acids is 2. The van der Waals surface area contributed by atoms with Gasteiger partial charge in [0.2, 0.25) is 6.29 Å². The van der Waals surface area contributed by atoms with Crippen LogP contribution in [-0.2, 0) is 29.9 Å². The van der Waals surface area contributed by atoms with Crippen LogP contribution >= 0.6 is 11.6 Å². The van der Waals surface area contributed by atoms with E-state index >= 15 is 0 Å². The molecular formula is C31H33ClFNO8S. The lowest BCUT2D eigenvalue weighted by molar-refractivity contribution is -0.120. The van der Waals surface area contributed by atoms with E-state index in [1.807, 2.05) is 20.8 Å². The van der Waals surface area contributed by atoms with E-state index < -0.39 is 33.9 Å². The second kappa shape index (κ2) is 12.6. The van der Waals surface area contributed by atoms with Crippen LogP contribution in [0.15, 0.2) is 41.5 Å². The molecule has 0 bridgehead atoms. The number of imide groups is 1. The Morgan fingerprint density at radius 1 is 1.16 bits per heavy atom. The topological polar surface area (TPSA) is 108 Å². The number of hydrogen-bond acceptors (Lipinski definition) is 8. The summed E-state index contributed by atoms with van der Waals surface area (Å²) < 4.78 is 58.3. The highest BCUT2D eigenvalue weighted by Gasteiger charge is 2.43. The number of halogens is 2. The van der Waals surface area contributed by atoms with Gasteiger partial charge in [0.05, 0.1) is 22.4 Å². The Kier molecular flexibility index (Phi) is 9.45. The van der Waals surface area contributed by atoms with Crippen molar-refractivity contribution < 1.29 is 40.8 Å². The monoisotopic (exact) mass is 633 g/mol. The van der Waals surface area contributed by atoms with Crippen LogP contribution in [0.2, 0.25) is 5.02 Å². The maximum Gasteiger partial charge on any atom is 0.306 e. The standard InChI is InChI=1S/C18H15ClFNO3.C13H18O5S/c1-3-10(2)24-16-9-15(14(20)8-13(16)19)21-17(22)11-6-4-5-7-12(11)18(21)23;1-5-16-12-13(2,3)10-8-9(18-19(4,14)15)6-7-11(10)17-12/h1,8-10H,4-7H2,2H3;6-8,12H,5H2,1-4H3. The summed E-state index contributed by atoms with van der Waals surface area (Å²) in [7, 11) is -3.53. The third-order valence-electron chi connectivity index (χ3n) is 7.21. The van der Waals surface area contributed by atoms with Crippen LogP contribution in [0.5, 0.6) is 17.2 Å². The molecule has 2 unspecified atom stereocenters. The van der Waals surface area contributed by atoms with Crippen LogP contribution in [0.1, 0.15) is 58.9 Å². The minimum Gasteiger partial charge on any atom is -0.476 e. The van der Waals surface area contributed by atoms with E-state index in [1.165, 1.54) is 6.07 Å². The van der Waals surface area contributed by atoms with Gasteiger partial charge < -0.3 is 18.4 Å². The van der Waals surface area contributed by atoms with Gasteiger partial charge >= 0.3 is 10.1 Å². The van der Waals surface area contributed by atoms with Gasteiger partial charge in [0.1, 0.15) is 23.1 Å². The summed E-state index contributed by atoms with van der Waals surface area (Å²) in [5, 5.41) is 0.0233. The Hall–Kier alpha value is -3.59. The SMILES string of the molecule is C#CC(C)Oc1cc(N2C(=O)C3=C(CCCC3)C2=O)c(F)cc1Cl.CCOC1Oc2ccc(OS(C)(=O)=O)cc2C1(C)C. The first-order valence-electron chi connectivity index (χ1n) is 13.7. The smallest absolute Gasteiger partial charge is 0.306 e. The molecule has 2 aromatic rings. The lowest BCUT2D eigenvalue weighted by Gasteiger charge is -2.25. The van der Waals surface area contributed by atoms with Crippen LogP contribution in [0.3, 0.4) is 0 Å². The molecule has 2 amide bonds. The Morgan fingerprint density at radius 2 is 1.79 bits per heavy atom. The lowest BCUT2D eigenvalue weighted by Crippen LogP contribution is -2.34. The molecule has 0 spiro atoms. The summed E-state index contributed by atoms with van der Waals surface area (Å²) in [6, 6.07) is 7.24. The lowest BCUT2D eigenvalue weighted by atomic mass is 9.85. The van der Waals surface area contributed by atoms with Gasteiger partial charge in [0.15, 0.2) is 6.10 Å². The molecule has 2 heterocycles. The third-order valence-corrected chi connectivity index (χ3v) is 8.00. The Labute approximate surface area is 256 Å². The van der Waals surface area contributed by atoms with Gasteiger partial charge in [0, 0.05) is 29.4 Å². The molecule has 43 heavy (non-hydrogen) atoms. The van der Waals surface area contributed by atoms with Crippen molar-refractivity contribution >= 4 is 39.2 Å².